The number of ether oxygens (including phenoxy) is 1. The number of aromatic nitrogens is 1. The van der Waals surface area contributed by atoms with Crippen LogP contribution in [0.2, 0.25) is 0 Å². The smallest absolute Gasteiger partial charge is 0.123 e. The molecule has 1 N–H and O–H groups in total. The molecule has 2 aromatic carbocycles. The van der Waals surface area contributed by atoms with E-state index in [1.807, 2.05) is 18.2 Å². The fraction of sp³-hybridized carbons (Fsp3) is 0.444. The lowest BCUT2D eigenvalue weighted by atomic mass is 9.56. The summed E-state index contributed by atoms with van der Waals surface area (Å²) in [6, 6.07) is 15.0. The number of likely N-dealkylation sites (tertiary alicyclic amines) is 1. The Hall–Kier alpha value is -2.50. The number of hydrogen-bond acceptors (Lipinski definition) is 4. The summed E-state index contributed by atoms with van der Waals surface area (Å²) in [5.74, 6) is 1.34. The highest BCUT2D eigenvalue weighted by molar-refractivity contribution is 5.80. The van der Waals surface area contributed by atoms with Crippen LogP contribution in [-0.4, -0.2) is 47.3 Å². The molecular weight excluding hydrogens is 403 g/mol. The fourth-order valence-electron chi connectivity index (χ4n) is 6.06. The SMILES string of the molecule is COc1cccc([C@@]23CCN(CC4CC4)C[C@@]2(O)Cc2cc4cc(F)ccc4nc2C3)c1. The van der Waals surface area contributed by atoms with Gasteiger partial charge in [-0.25, -0.2) is 4.39 Å². The van der Waals surface area contributed by atoms with Crippen LogP contribution < -0.4 is 4.74 Å². The number of piperidine rings is 1. The van der Waals surface area contributed by atoms with Gasteiger partial charge in [-0.05, 0) is 79.3 Å². The van der Waals surface area contributed by atoms with E-state index in [9.17, 15) is 9.50 Å². The zero-order valence-corrected chi connectivity index (χ0v) is 18.5. The molecule has 3 aliphatic rings. The maximum absolute atomic E-state index is 13.8. The molecule has 1 aliphatic heterocycles. The number of benzene rings is 2. The minimum Gasteiger partial charge on any atom is -0.497 e. The van der Waals surface area contributed by atoms with Gasteiger partial charge >= 0.3 is 0 Å². The van der Waals surface area contributed by atoms with Crippen molar-refractivity contribution in [2.75, 3.05) is 26.7 Å². The minimum absolute atomic E-state index is 0.257. The minimum atomic E-state index is -0.914. The van der Waals surface area contributed by atoms with Gasteiger partial charge in [-0.1, -0.05) is 12.1 Å². The number of fused-ring (bicyclic) bond motifs is 3. The van der Waals surface area contributed by atoms with Crippen LogP contribution in [0.3, 0.4) is 0 Å². The zero-order valence-electron chi connectivity index (χ0n) is 18.5. The van der Waals surface area contributed by atoms with E-state index in [1.165, 1.54) is 25.0 Å². The van der Waals surface area contributed by atoms with Crippen molar-refractivity contribution in [3.05, 3.63) is 71.2 Å². The number of β-amino-alcohol motifs (C(OH)–C–C–N with tert-alkyl or cyclic N) is 1. The molecule has 2 atom stereocenters. The molecule has 0 unspecified atom stereocenters. The van der Waals surface area contributed by atoms with Crippen LogP contribution in [0.1, 0.15) is 36.1 Å². The second-order valence-electron chi connectivity index (χ2n) is 10.1. The highest BCUT2D eigenvalue weighted by Crippen LogP contribution is 2.51. The van der Waals surface area contributed by atoms with Gasteiger partial charge in [0.1, 0.15) is 11.6 Å². The van der Waals surface area contributed by atoms with Crippen molar-refractivity contribution >= 4 is 10.9 Å². The highest BCUT2D eigenvalue weighted by atomic mass is 19.1. The monoisotopic (exact) mass is 432 g/mol. The molecule has 5 heteroatoms. The van der Waals surface area contributed by atoms with Crippen molar-refractivity contribution in [3.8, 4) is 5.75 Å². The number of hydrogen-bond donors (Lipinski definition) is 1. The number of pyridine rings is 1. The van der Waals surface area contributed by atoms with E-state index in [1.54, 1.807) is 13.2 Å². The van der Waals surface area contributed by atoms with Crippen LogP contribution in [-0.2, 0) is 18.3 Å². The third-order valence-corrected chi connectivity index (χ3v) is 7.96. The predicted octanol–water partition coefficient (Wildman–Crippen LogP) is 4.27. The average Bonchev–Trinajstić information content (AvgIpc) is 3.60. The van der Waals surface area contributed by atoms with Gasteiger partial charge in [-0.2, -0.15) is 0 Å². The molecule has 0 spiro atoms. The van der Waals surface area contributed by atoms with Gasteiger partial charge in [0.2, 0.25) is 0 Å². The lowest BCUT2D eigenvalue weighted by Gasteiger charge is -2.56. The second-order valence-corrected chi connectivity index (χ2v) is 10.1. The fourth-order valence-corrected chi connectivity index (χ4v) is 6.06. The van der Waals surface area contributed by atoms with Gasteiger partial charge in [0.15, 0.2) is 0 Å². The molecule has 0 radical (unpaired) electrons. The first-order valence-corrected chi connectivity index (χ1v) is 11.7. The predicted molar refractivity (Wildman–Crippen MR) is 123 cm³/mol. The molecular formula is C27H29FN2O2. The van der Waals surface area contributed by atoms with E-state index < -0.39 is 11.0 Å². The van der Waals surface area contributed by atoms with E-state index in [-0.39, 0.29) is 5.82 Å². The van der Waals surface area contributed by atoms with E-state index in [2.05, 4.69) is 17.0 Å². The molecule has 2 aliphatic carbocycles. The standard InChI is InChI=1S/C27H29FN2O2/c1-32-23-4-2-3-21(13-23)26-9-10-30(16-18-5-6-18)17-27(26,31)14-20-11-19-12-22(28)7-8-24(19)29-25(20)15-26/h2-4,7-8,11-13,18,31H,5-6,9-10,14-17H2,1H3/t26-,27-/m0/s1. The topological polar surface area (TPSA) is 45.6 Å². The van der Waals surface area contributed by atoms with E-state index in [0.29, 0.717) is 19.4 Å². The van der Waals surface area contributed by atoms with Crippen molar-refractivity contribution in [1.82, 2.24) is 9.88 Å². The lowest BCUT2D eigenvalue weighted by Crippen LogP contribution is -2.66. The van der Waals surface area contributed by atoms with E-state index >= 15 is 0 Å². The molecule has 3 aromatic rings. The third-order valence-electron chi connectivity index (χ3n) is 7.96. The molecule has 6 rings (SSSR count). The Morgan fingerprint density at radius 1 is 1.16 bits per heavy atom. The van der Waals surface area contributed by atoms with Crippen molar-refractivity contribution in [3.63, 3.8) is 0 Å². The van der Waals surface area contributed by atoms with Gasteiger partial charge in [-0.15, -0.1) is 0 Å². The van der Waals surface area contributed by atoms with Crippen molar-refractivity contribution in [2.45, 2.75) is 43.1 Å². The summed E-state index contributed by atoms with van der Waals surface area (Å²) >= 11 is 0. The number of aliphatic hydroxyl groups is 1. The zero-order chi connectivity index (χ0) is 21.9. The Kier molecular flexibility index (Phi) is 4.57. The molecule has 0 amide bonds. The molecule has 1 saturated carbocycles. The molecule has 2 fully saturated rings. The highest BCUT2D eigenvalue weighted by Gasteiger charge is 2.57. The summed E-state index contributed by atoms with van der Waals surface area (Å²) < 4.78 is 19.4. The van der Waals surface area contributed by atoms with Crippen molar-refractivity contribution in [1.29, 1.82) is 0 Å². The van der Waals surface area contributed by atoms with Crippen LogP contribution >= 0.6 is 0 Å². The first-order valence-electron chi connectivity index (χ1n) is 11.7. The van der Waals surface area contributed by atoms with Crippen LogP contribution in [0.15, 0.2) is 48.5 Å². The van der Waals surface area contributed by atoms with Crippen LogP contribution in [0.4, 0.5) is 4.39 Å². The van der Waals surface area contributed by atoms with Gasteiger partial charge < -0.3 is 14.7 Å². The van der Waals surface area contributed by atoms with Crippen molar-refractivity contribution in [2.24, 2.45) is 5.92 Å². The molecule has 32 heavy (non-hydrogen) atoms. The summed E-state index contributed by atoms with van der Waals surface area (Å²) in [5.41, 5.74) is 2.65. The lowest BCUT2D eigenvalue weighted by molar-refractivity contribution is -0.104. The maximum atomic E-state index is 13.8. The average molecular weight is 433 g/mol. The Morgan fingerprint density at radius 3 is 2.84 bits per heavy atom. The summed E-state index contributed by atoms with van der Waals surface area (Å²) in [5, 5.41) is 13.1. The number of rotatable bonds is 4. The summed E-state index contributed by atoms with van der Waals surface area (Å²) in [6.07, 6.45) is 4.70. The van der Waals surface area contributed by atoms with Crippen LogP contribution in [0.5, 0.6) is 5.75 Å². The van der Waals surface area contributed by atoms with Crippen LogP contribution in [0, 0.1) is 11.7 Å². The third kappa shape index (κ3) is 3.22. The Balaban J connectivity index is 1.48. The largest absolute Gasteiger partial charge is 0.497 e. The number of nitrogens with zero attached hydrogens (tertiary/aromatic N) is 2. The quantitative estimate of drug-likeness (QED) is 0.669. The van der Waals surface area contributed by atoms with Crippen LogP contribution in [0.25, 0.3) is 10.9 Å². The Bertz CT molecular complexity index is 1190. The first-order chi connectivity index (χ1) is 15.5. The summed E-state index contributed by atoms with van der Waals surface area (Å²) in [7, 11) is 1.68. The van der Waals surface area contributed by atoms with E-state index in [0.717, 1.165) is 58.9 Å². The molecule has 1 aromatic heterocycles. The second kappa shape index (κ2) is 7.26. The molecule has 1 saturated heterocycles. The normalized spacial score (nSPS) is 27.7. The van der Waals surface area contributed by atoms with Crippen molar-refractivity contribution < 1.29 is 14.2 Å². The van der Waals surface area contributed by atoms with E-state index in [4.69, 9.17) is 9.72 Å². The maximum Gasteiger partial charge on any atom is 0.123 e. The Labute approximate surface area is 188 Å². The van der Waals surface area contributed by atoms with Gasteiger partial charge in [0.25, 0.3) is 0 Å². The molecule has 166 valence electrons. The first kappa shape index (κ1) is 20.1. The number of methoxy groups -OCH3 is 1. The summed E-state index contributed by atoms with van der Waals surface area (Å²) in [4.78, 5) is 7.40. The number of halogens is 1. The van der Waals surface area contributed by atoms with Gasteiger partial charge in [0.05, 0.1) is 18.2 Å². The molecule has 4 nitrogen and oxygen atoms in total. The molecule has 0 bridgehead atoms. The Morgan fingerprint density at radius 2 is 2.03 bits per heavy atom. The van der Waals surface area contributed by atoms with Gasteiger partial charge in [0, 0.05) is 42.4 Å². The molecule has 2 heterocycles. The van der Waals surface area contributed by atoms with Gasteiger partial charge in [-0.3, -0.25) is 4.98 Å². The summed E-state index contributed by atoms with van der Waals surface area (Å²) in [6.45, 7) is 2.70.